The fraction of sp³-hybridized carbons (Fsp3) is 1.00. The molecule has 4 nitrogen and oxygen atoms in total. The highest BCUT2D eigenvalue weighted by Gasteiger charge is 2.43. The molecule has 0 aromatic carbocycles. The Morgan fingerprint density at radius 1 is 1.00 bits per heavy atom. The van der Waals surface area contributed by atoms with Crippen molar-refractivity contribution >= 4 is 9.84 Å². The smallest absolute Gasteiger partial charge is 0.150 e. The molecule has 0 radical (unpaired) electrons. The minimum Gasteiger partial charge on any atom is -0.327 e. The molecular weight excluding hydrogens is 284 g/mol. The number of rotatable bonds is 3. The molecule has 3 aliphatic rings. The molecule has 2 saturated heterocycles. The van der Waals surface area contributed by atoms with Crippen molar-refractivity contribution in [2.24, 2.45) is 17.6 Å². The van der Waals surface area contributed by atoms with Crippen LogP contribution in [-0.2, 0) is 9.84 Å². The van der Waals surface area contributed by atoms with Gasteiger partial charge in [0.2, 0.25) is 0 Å². The number of sulfone groups is 1. The summed E-state index contributed by atoms with van der Waals surface area (Å²) < 4.78 is 23.7. The van der Waals surface area contributed by atoms with Crippen molar-refractivity contribution in [3.8, 4) is 0 Å². The summed E-state index contributed by atoms with van der Waals surface area (Å²) in [4.78, 5) is 2.55. The molecule has 3 rings (SSSR count). The van der Waals surface area contributed by atoms with Gasteiger partial charge in [0.25, 0.3) is 0 Å². The standard InChI is InChI=1S/C16H30N2O2S/c1-18-13-6-7-14(18)9-12(8-13)16(17)11-4-3-5-15(10-11)21(2,19)20/h11-16H,3-10,17H2,1-2H3. The molecule has 0 aromatic heterocycles. The van der Waals surface area contributed by atoms with Crippen molar-refractivity contribution < 1.29 is 8.42 Å². The minimum atomic E-state index is -2.90. The van der Waals surface area contributed by atoms with Gasteiger partial charge in [0.15, 0.2) is 0 Å². The van der Waals surface area contributed by atoms with E-state index in [1.54, 1.807) is 0 Å². The molecule has 5 atom stereocenters. The lowest BCUT2D eigenvalue weighted by atomic mass is 9.74. The molecule has 0 spiro atoms. The molecule has 2 N–H and O–H groups in total. The van der Waals surface area contributed by atoms with Gasteiger partial charge < -0.3 is 10.6 Å². The highest BCUT2D eigenvalue weighted by molar-refractivity contribution is 7.91. The van der Waals surface area contributed by atoms with Crippen LogP contribution < -0.4 is 5.73 Å². The van der Waals surface area contributed by atoms with Crippen LogP contribution in [0.3, 0.4) is 0 Å². The molecule has 1 aliphatic carbocycles. The topological polar surface area (TPSA) is 63.4 Å². The summed E-state index contributed by atoms with van der Waals surface area (Å²) in [5, 5.41) is -0.148. The van der Waals surface area contributed by atoms with E-state index in [0.29, 0.717) is 23.9 Å². The summed E-state index contributed by atoms with van der Waals surface area (Å²) >= 11 is 0. The maximum Gasteiger partial charge on any atom is 0.150 e. The van der Waals surface area contributed by atoms with Crippen molar-refractivity contribution in [2.45, 2.75) is 74.7 Å². The number of piperidine rings is 1. The van der Waals surface area contributed by atoms with Crippen molar-refractivity contribution in [3.63, 3.8) is 0 Å². The van der Waals surface area contributed by atoms with Crippen LogP contribution in [-0.4, -0.2) is 50.0 Å². The Morgan fingerprint density at radius 2 is 1.62 bits per heavy atom. The number of hydrogen-bond acceptors (Lipinski definition) is 4. The maximum absolute atomic E-state index is 11.8. The molecule has 2 aliphatic heterocycles. The number of nitrogens with two attached hydrogens (primary N) is 1. The van der Waals surface area contributed by atoms with Crippen LogP contribution in [0.25, 0.3) is 0 Å². The van der Waals surface area contributed by atoms with Crippen LogP contribution in [0.4, 0.5) is 0 Å². The molecule has 21 heavy (non-hydrogen) atoms. The highest BCUT2D eigenvalue weighted by Crippen LogP contribution is 2.41. The fourth-order valence-electron chi connectivity index (χ4n) is 5.07. The number of hydrogen-bond donors (Lipinski definition) is 1. The van der Waals surface area contributed by atoms with Gasteiger partial charge in [-0.15, -0.1) is 0 Å². The third kappa shape index (κ3) is 3.15. The summed E-state index contributed by atoms with van der Waals surface area (Å²) in [6.45, 7) is 0. The first-order chi connectivity index (χ1) is 9.86. The summed E-state index contributed by atoms with van der Waals surface area (Å²) in [6, 6.07) is 1.63. The Hall–Kier alpha value is -0.130. The Labute approximate surface area is 129 Å². The summed E-state index contributed by atoms with van der Waals surface area (Å²) in [6.07, 6.45) is 10.2. The molecule has 0 aromatic rings. The van der Waals surface area contributed by atoms with Gasteiger partial charge in [-0.1, -0.05) is 6.42 Å². The molecular formula is C16H30N2O2S. The normalized spacial score (nSPS) is 42.9. The van der Waals surface area contributed by atoms with Gasteiger partial charge in [-0.05, 0) is 63.8 Å². The summed E-state index contributed by atoms with van der Waals surface area (Å²) in [5.41, 5.74) is 6.61. The van der Waals surface area contributed by atoms with E-state index in [2.05, 4.69) is 11.9 Å². The largest absolute Gasteiger partial charge is 0.327 e. The number of nitrogens with zero attached hydrogens (tertiary/aromatic N) is 1. The highest BCUT2D eigenvalue weighted by atomic mass is 32.2. The van der Waals surface area contributed by atoms with Crippen LogP contribution in [0.5, 0.6) is 0 Å². The van der Waals surface area contributed by atoms with Gasteiger partial charge in [-0.2, -0.15) is 0 Å². The van der Waals surface area contributed by atoms with E-state index in [9.17, 15) is 8.42 Å². The lowest BCUT2D eigenvalue weighted by Gasteiger charge is -2.42. The first-order valence-electron chi connectivity index (χ1n) is 8.52. The minimum absolute atomic E-state index is 0.148. The van der Waals surface area contributed by atoms with Crippen molar-refractivity contribution in [3.05, 3.63) is 0 Å². The van der Waals surface area contributed by atoms with E-state index < -0.39 is 9.84 Å². The van der Waals surface area contributed by atoms with E-state index in [4.69, 9.17) is 5.73 Å². The first-order valence-corrected chi connectivity index (χ1v) is 10.5. The Bertz CT molecular complexity index is 465. The van der Waals surface area contributed by atoms with E-state index in [1.807, 2.05) is 0 Å². The van der Waals surface area contributed by atoms with Crippen LogP contribution >= 0.6 is 0 Å². The lowest BCUT2D eigenvalue weighted by molar-refractivity contribution is 0.0999. The summed E-state index contributed by atoms with van der Waals surface area (Å²) in [5.74, 6) is 1.01. The lowest BCUT2D eigenvalue weighted by Crippen LogP contribution is -2.49. The average Bonchev–Trinajstić information content (AvgIpc) is 2.66. The Kier molecular flexibility index (Phi) is 4.37. The van der Waals surface area contributed by atoms with Gasteiger partial charge in [-0.25, -0.2) is 8.42 Å². The van der Waals surface area contributed by atoms with Crippen LogP contribution in [0, 0.1) is 11.8 Å². The van der Waals surface area contributed by atoms with E-state index in [0.717, 1.165) is 25.7 Å². The van der Waals surface area contributed by atoms with Gasteiger partial charge in [0.05, 0.1) is 5.25 Å². The van der Waals surface area contributed by atoms with Crippen molar-refractivity contribution in [1.82, 2.24) is 4.90 Å². The predicted molar refractivity (Wildman–Crippen MR) is 85.9 cm³/mol. The van der Waals surface area contributed by atoms with E-state index in [1.165, 1.54) is 31.9 Å². The van der Waals surface area contributed by atoms with E-state index in [-0.39, 0.29) is 11.3 Å². The molecule has 122 valence electrons. The zero-order valence-corrected chi connectivity index (χ0v) is 14.2. The monoisotopic (exact) mass is 314 g/mol. The van der Waals surface area contributed by atoms with Gasteiger partial charge in [0.1, 0.15) is 9.84 Å². The fourth-order valence-corrected chi connectivity index (χ4v) is 6.26. The zero-order valence-electron chi connectivity index (χ0n) is 13.4. The Balaban J connectivity index is 1.64. The number of fused-ring (bicyclic) bond motifs is 2. The molecule has 5 heteroatoms. The SMILES string of the molecule is CN1C2CCC1CC(C(N)C1CCCC(S(C)(=O)=O)C1)C2. The second-order valence-corrected chi connectivity index (χ2v) is 10.1. The second kappa shape index (κ2) is 5.82. The van der Waals surface area contributed by atoms with Gasteiger partial charge in [0, 0.05) is 24.4 Å². The van der Waals surface area contributed by atoms with Crippen LogP contribution in [0.15, 0.2) is 0 Å². The zero-order chi connectivity index (χ0) is 15.2. The molecule has 3 fully saturated rings. The van der Waals surface area contributed by atoms with Crippen molar-refractivity contribution in [1.29, 1.82) is 0 Å². The van der Waals surface area contributed by atoms with Crippen molar-refractivity contribution in [2.75, 3.05) is 13.3 Å². The third-order valence-corrected chi connectivity index (χ3v) is 8.13. The molecule has 1 saturated carbocycles. The van der Waals surface area contributed by atoms with Gasteiger partial charge in [-0.3, -0.25) is 0 Å². The average molecular weight is 314 g/mol. The predicted octanol–water partition coefficient (Wildman–Crippen LogP) is 1.79. The van der Waals surface area contributed by atoms with Gasteiger partial charge >= 0.3 is 0 Å². The van der Waals surface area contributed by atoms with Crippen LogP contribution in [0.2, 0.25) is 0 Å². The Morgan fingerprint density at radius 3 is 2.19 bits per heavy atom. The van der Waals surface area contributed by atoms with Crippen LogP contribution in [0.1, 0.15) is 51.4 Å². The quantitative estimate of drug-likeness (QED) is 0.862. The third-order valence-electron chi connectivity index (χ3n) is 6.50. The molecule has 2 bridgehead atoms. The molecule has 0 amide bonds. The molecule has 2 heterocycles. The second-order valence-electron chi connectivity index (χ2n) is 7.74. The maximum atomic E-state index is 11.8. The van der Waals surface area contributed by atoms with E-state index >= 15 is 0 Å². The molecule has 5 unspecified atom stereocenters. The summed E-state index contributed by atoms with van der Waals surface area (Å²) in [7, 11) is -0.650. The first kappa shape index (κ1) is 15.8.